The number of hydrogen-bond acceptors (Lipinski definition) is 3. The van der Waals surface area contributed by atoms with Crippen molar-refractivity contribution >= 4 is 5.82 Å². The first kappa shape index (κ1) is 11.5. The van der Waals surface area contributed by atoms with Crippen molar-refractivity contribution in [1.82, 2.24) is 5.16 Å². The van der Waals surface area contributed by atoms with Crippen LogP contribution < -0.4 is 5.32 Å². The molecule has 16 heavy (non-hydrogen) atoms. The Morgan fingerprint density at radius 1 is 1.50 bits per heavy atom. The maximum atomic E-state index is 5.44. The Hall–Kier alpha value is -0.990. The lowest BCUT2D eigenvalue weighted by atomic mass is 9.86. The highest BCUT2D eigenvalue weighted by Crippen LogP contribution is 2.31. The Morgan fingerprint density at radius 3 is 3.00 bits per heavy atom. The number of anilines is 1. The minimum absolute atomic E-state index is 0.638. The van der Waals surface area contributed by atoms with Crippen molar-refractivity contribution in [2.45, 2.75) is 46.5 Å². The summed E-state index contributed by atoms with van der Waals surface area (Å²) in [7, 11) is 0. The third-order valence-corrected chi connectivity index (χ3v) is 3.40. The summed E-state index contributed by atoms with van der Waals surface area (Å²) < 4.78 is 5.44. The highest BCUT2D eigenvalue weighted by Gasteiger charge is 2.24. The van der Waals surface area contributed by atoms with Gasteiger partial charge >= 0.3 is 0 Å². The molecular formula is C13H22N2O. The molecule has 0 spiro atoms. The number of hydrogen-bond donors (Lipinski definition) is 1. The van der Waals surface area contributed by atoms with Gasteiger partial charge in [-0.1, -0.05) is 32.3 Å². The molecule has 0 saturated carbocycles. The van der Waals surface area contributed by atoms with Crippen LogP contribution in [0.15, 0.2) is 4.52 Å². The molecule has 1 N–H and O–H groups in total. The minimum atomic E-state index is 0.638. The van der Waals surface area contributed by atoms with Crippen molar-refractivity contribution in [3.05, 3.63) is 11.3 Å². The molecule has 0 bridgehead atoms. The highest BCUT2D eigenvalue weighted by atomic mass is 16.5. The Labute approximate surface area is 97.6 Å². The summed E-state index contributed by atoms with van der Waals surface area (Å²) >= 11 is 0. The summed E-state index contributed by atoms with van der Waals surface area (Å²) in [6.07, 6.45) is 4.72. The fourth-order valence-corrected chi connectivity index (χ4v) is 2.26. The van der Waals surface area contributed by atoms with E-state index in [4.69, 9.17) is 4.52 Å². The number of nitrogens with one attached hydrogen (secondary N) is 1. The van der Waals surface area contributed by atoms with Gasteiger partial charge in [-0.25, -0.2) is 0 Å². The molecule has 1 unspecified atom stereocenters. The van der Waals surface area contributed by atoms with E-state index in [2.05, 4.69) is 31.2 Å². The van der Waals surface area contributed by atoms with E-state index >= 15 is 0 Å². The van der Waals surface area contributed by atoms with Crippen LogP contribution in [0.5, 0.6) is 0 Å². The van der Waals surface area contributed by atoms with Crippen molar-refractivity contribution in [3.8, 4) is 0 Å². The van der Waals surface area contributed by atoms with E-state index < -0.39 is 0 Å². The summed E-state index contributed by atoms with van der Waals surface area (Å²) in [5.41, 5.74) is 1.32. The van der Waals surface area contributed by atoms with Gasteiger partial charge in [0, 0.05) is 18.5 Å². The van der Waals surface area contributed by atoms with E-state index in [0.29, 0.717) is 5.92 Å². The molecule has 2 rings (SSSR count). The summed E-state index contributed by atoms with van der Waals surface area (Å²) in [4.78, 5) is 0. The average molecular weight is 222 g/mol. The Kier molecular flexibility index (Phi) is 3.52. The standard InChI is InChI=1S/C13H22N2O/c1-4-10-5-6-11-12(7-10)16-15-13(11)14-8-9(2)3/h9-10H,4-8H2,1-3H3,(H,14,15). The first-order valence-electron chi connectivity index (χ1n) is 6.42. The molecule has 90 valence electrons. The summed E-state index contributed by atoms with van der Waals surface area (Å²) in [5.74, 6) is 3.53. The number of nitrogens with zero attached hydrogens (tertiary/aromatic N) is 1. The summed E-state index contributed by atoms with van der Waals surface area (Å²) in [6.45, 7) is 7.62. The van der Waals surface area contributed by atoms with E-state index in [1.165, 1.54) is 18.4 Å². The van der Waals surface area contributed by atoms with Crippen molar-refractivity contribution in [2.24, 2.45) is 11.8 Å². The van der Waals surface area contributed by atoms with Gasteiger partial charge in [0.2, 0.25) is 0 Å². The maximum absolute atomic E-state index is 5.44. The number of aromatic nitrogens is 1. The maximum Gasteiger partial charge on any atom is 0.172 e. The van der Waals surface area contributed by atoms with Crippen LogP contribution in [0.25, 0.3) is 0 Å². The second-order valence-corrected chi connectivity index (χ2v) is 5.22. The molecule has 1 aliphatic carbocycles. The lowest BCUT2D eigenvalue weighted by Crippen LogP contribution is -2.14. The van der Waals surface area contributed by atoms with Crippen LogP contribution in [0.2, 0.25) is 0 Å². The van der Waals surface area contributed by atoms with Crippen LogP contribution in [0.1, 0.15) is 44.9 Å². The normalized spacial score (nSPS) is 19.9. The Bertz CT molecular complexity index is 344. The van der Waals surface area contributed by atoms with Crippen LogP contribution in [0.3, 0.4) is 0 Å². The van der Waals surface area contributed by atoms with Crippen LogP contribution >= 0.6 is 0 Å². The Morgan fingerprint density at radius 2 is 2.31 bits per heavy atom. The van der Waals surface area contributed by atoms with Crippen molar-refractivity contribution < 1.29 is 4.52 Å². The fraction of sp³-hybridized carbons (Fsp3) is 0.769. The van der Waals surface area contributed by atoms with Crippen molar-refractivity contribution in [1.29, 1.82) is 0 Å². The first-order valence-corrected chi connectivity index (χ1v) is 6.42. The fourth-order valence-electron chi connectivity index (χ4n) is 2.26. The predicted octanol–water partition coefficient (Wildman–Crippen LogP) is 3.26. The molecule has 0 saturated heterocycles. The zero-order valence-electron chi connectivity index (χ0n) is 10.5. The minimum Gasteiger partial charge on any atom is -0.367 e. The van der Waals surface area contributed by atoms with E-state index in [9.17, 15) is 0 Å². The third kappa shape index (κ3) is 2.39. The van der Waals surface area contributed by atoms with Gasteiger partial charge in [0.1, 0.15) is 5.76 Å². The average Bonchev–Trinajstić information content (AvgIpc) is 2.68. The quantitative estimate of drug-likeness (QED) is 0.849. The predicted molar refractivity (Wildman–Crippen MR) is 65.6 cm³/mol. The Balaban J connectivity index is 2.04. The molecule has 0 amide bonds. The zero-order chi connectivity index (χ0) is 11.5. The van der Waals surface area contributed by atoms with Gasteiger partial charge in [-0.2, -0.15) is 0 Å². The number of fused-ring (bicyclic) bond motifs is 1. The summed E-state index contributed by atoms with van der Waals surface area (Å²) in [6, 6.07) is 0. The van der Waals surface area contributed by atoms with Crippen LogP contribution in [-0.2, 0) is 12.8 Å². The molecule has 1 aromatic heterocycles. The molecule has 1 atom stereocenters. The molecule has 3 nitrogen and oxygen atoms in total. The highest BCUT2D eigenvalue weighted by molar-refractivity contribution is 5.46. The second-order valence-electron chi connectivity index (χ2n) is 5.22. The molecule has 0 fully saturated rings. The molecule has 0 aromatic carbocycles. The van der Waals surface area contributed by atoms with Gasteiger partial charge in [-0.05, 0) is 24.7 Å². The van der Waals surface area contributed by atoms with Crippen molar-refractivity contribution in [3.63, 3.8) is 0 Å². The molecule has 1 aliphatic rings. The third-order valence-electron chi connectivity index (χ3n) is 3.40. The van der Waals surface area contributed by atoms with E-state index in [-0.39, 0.29) is 0 Å². The van der Waals surface area contributed by atoms with Gasteiger partial charge in [0.25, 0.3) is 0 Å². The van der Waals surface area contributed by atoms with E-state index in [0.717, 1.165) is 36.9 Å². The largest absolute Gasteiger partial charge is 0.367 e. The lowest BCUT2D eigenvalue weighted by molar-refractivity contribution is 0.333. The van der Waals surface area contributed by atoms with Gasteiger partial charge in [0.15, 0.2) is 5.82 Å². The molecule has 3 heteroatoms. The molecule has 1 aromatic rings. The van der Waals surface area contributed by atoms with Crippen LogP contribution in [0.4, 0.5) is 5.82 Å². The van der Waals surface area contributed by atoms with Gasteiger partial charge < -0.3 is 9.84 Å². The first-order chi connectivity index (χ1) is 7.70. The van der Waals surface area contributed by atoms with Crippen LogP contribution in [0, 0.1) is 11.8 Å². The number of rotatable bonds is 4. The van der Waals surface area contributed by atoms with Gasteiger partial charge in [-0.3, -0.25) is 0 Å². The van der Waals surface area contributed by atoms with Gasteiger partial charge in [-0.15, -0.1) is 0 Å². The molecular weight excluding hydrogens is 200 g/mol. The molecule has 0 aliphatic heterocycles. The monoisotopic (exact) mass is 222 g/mol. The van der Waals surface area contributed by atoms with E-state index in [1.54, 1.807) is 0 Å². The zero-order valence-corrected chi connectivity index (χ0v) is 10.5. The van der Waals surface area contributed by atoms with E-state index in [1.807, 2.05) is 0 Å². The summed E-state index contributed by atoms with van der Waals surface area (Å²) in [5, 5.41) is 7.53. The SMILES string of the molecule is CCC1CCc2c(NCC(C)C)noc2C1. The molecule has 0 radical (unpaired) electrons. The van der Waals surface area contributed by atoms with Crippen molar-refractivity contribution in [2.75, 3.05) is 11.9 Å². The lowest BCUT2D eigenvalue weighted by Gasteiger charge is -2.19. The second kappa shape index (κ2) is 4.89. The molecule has 1 heterocycles. The smallest absolute Gasteiger partial charge is 0.172 e. The topological polar surface area (TPSA) is 38.1 Å². The van der Waals surface area contributed by atoms with Crippen LogP contribution in [-0.4, -0.2) is 11.7 Å². The van der Waals surface area contributed by atoms with Gasteiger partial charge in [0.05, 0.1) is 0 Å².